The maximum absolute atomic E-state index is 12.8. The molecule has 9 heteroatoms. The molecular formula is C25H22N2O6S. The second-order valence-electron chi connectivity index (χ2n) is 8.04. The molecule has 2 heterocycles. The molecule has 4 rings (SSSR count). The largest absolute Gasteiger partial charge is 0.478 e. The van der Waals surface area contributed by atoms with Gasteiger partial charge in [0.1, 0.15) is 6.54 Å². The minimum atomic E-state index is -0.993. The van der Waals surface area contributed by atoms with E-state index in [4.69, 9.17) is 4.74 Å². The summed E-state index contributed by atoms with van der Waals surface area (Å²) in [6, 6.07) is 14.3. The number of carbonyl (C=O) groups excluding carboxylic acids is 3. The van der Waals surface area contributed by atoms with Crippen LogP contribution in [0, 0.1) is 0 Å². The van der Waals surface area contributed by atoms with Crippen LogP contribution in [0.2, 0.25) is 0 Å². The molecule has 0 atom stereocenters. The standard InChI is InChI=1S/C25H22N2O6S/c1-15(2)33-22(28)14-27-23(29)21(34-25(27)32)11-18-13-26(20-9-4-3-8-19(18)20)12-16-6-5-7-17(10-16)24(30)31/h3-11,13,15H,12,14H2,1-2H3,(H,30,31)/b21-11+. The maximum atomic E-state index is 12.8. The van der Waals surface area contributed by atoms with Crippen molar-refractivity contribution >= 4 is 51.8 Å². The first-order chi connectivity index (χ1) is 16.2. The van der Waals surface area contributed by atoms with E-state index in [1.807, 2.05) is 41.1 Å². The van der Waals surface area contributed by atoms with Crippen molar-refractivity contribution in [2.24, 2.45) is 0 Å². The van der Waals surface area contributed by atoms with Gasteiger partial charge in [0.15, 0.2) is 0 Å². The molecular weight excluding hydrogens is 456 g/mol. The van der Waals surface area contributed by atoms with Gasteiger partial charge in [0.2, 0.25) is 0 Å². The van der Waals surface area contributed by atoms with Gasteiger partial charge in [-0.05, 0) is 55.4 Å². The van der Waals surface area contributed by atoms with Gasteiger partial charge in [-0.15, -0.1) is 0 Å². The first-order valence-corrected chi connectivity index (χ1v) is 11.4. The zero-order valence-electron chi connectivity index (χ0n) is 18.6. The van der Waals surface area contributed by atoms with Crippen molar-refractivity contribution in [3.05, 3.63) is 76.3 Å². The summed E-state index contributed by atoms with van der Waals surface area (Å²) in [6.45, 7) is 3.39. The minimum Gasteiger partial charge on any atom is -0.478 e. The molecule has 2 amide bonds. The van der Waals surface area contributed by atoms with Crippen LogP contribution in [-0.4, -0.2) is 50.3 Å². The van der Waals surface area contributed by atoms with E-state index in [9.17, 15) is 24.3 Å². The summed E-state index contributed by atoms with van der Waals surface area (Å²) in [7, 11) is 0. The first-order valence-electron chi connectivity index (χ1n) is 10.6. The molecule has 8 nitrogen and oxygen atoms in total. The molecule has 0 aliphatic carbocycles. The van der Waals surface area contributed by atoms with Gasteiger partial charge < -0.3 is 14.4 Å². The van der Waals surface area contributed by atoms with Crippen molar-refractivity contribution < 1.29 is 29.0 Å². The number of ether oxygens (including phenoxy) is 1. The Morgan fingerprint density at radius 2 is 1.88 bits per heavy atom. The summed E-state index contributed by atoms with van der Waals surface area (Å²) >= 11 is 0.781. The lowest BCUT2D eigenvalue weighted by Gasteiger charge is -2.13. The molecule has 1 fully saturated rings. The lowest BCUT2D eigenvalue weighted by Crippen LogP contribution is -2.35. The Labute approximate surface area is 199 Å². The fraction of sp³-hybridized carbons (Fsp3) is 0.200. The molecule has 1 aliphatic heterocycles. The molecule has 0 spiro atoms. The highest BCUT2D eigenvalue weighted by Gasteiger charge is 2.37. The molecule has 1 saturated heterocycles. The van der Waals surface area contributed by atoms with E-state index in [1.165, 1.54) is 6.07 Å². The Bertz CT molecular complexity index is 1340. The molecule has 3 aromatic rings. The predicted molar refractivity (Wildman–Crippen MR) is 128 cm³/mol. The van der Waals surface area contributed by atoms with E-state index >= 15 is 0 Å². The average Bonchev–Trinajstić information content (AvgIpc) is 3.25. The molecule has 0 bridgehead atoms. The SMILES string of the molecule is CC(C)OC(=O)CN1C(=O)S/C(=C/c2cn(Cc3cccc(C(=O)O)c3)c3ccccc23)C1=O. The third kappa shape index (κ3) is 4.89. The van der Waals surface area contributed by atoms with E-state index in [2.05, 4.69) is 0 Å². The number of esters is 1. The molecule has 1 aromatic heterocycles. The van der Waals surface area contributed by atoms with Crippen LogP contribution in [0.5, 0.6) is 0 Å². The van der Waals surface area contributed by atoms with Crippen molar-refractivity contribution in [2.75, 3.05) is 6.54 Å². The zero-order valence-corrected chi connectivity index (χ0v) is 19.4. The van der Waals surface area contributed by atoms with Gasteiger partial charge in [-0.1, -0.05) is 30.3 Å². The number of aromatic carboxylic acids is 1. The maximum Gasteiger partial charge on any atom is 0.335 e. The van der Waals surface area contributed by atoms with Crippen molar-refractivity contribution in [3.8, 4) is 0 Å². The van der Waals surface area contributed by atoms with Crippen LogP contribution in [-0.2, 0) is 20.9 Å². The van der Waals surface area contributed by atoms with Crippen LogP contribution in [0.15, 0.2) is 59.6 Å². The Morgan fingerprint density at radius 1 is 1.12 bits per heavy atom. The summed E-state index contributed by atoms with van der Waals surface area (Å²) < 4.78 is 7.01. The lowest BCUT2D eigenvalue weighted by molar-refractivity contribution is -0.149. The number of hydrogen-bond donors (Lipinski definition) is 1. The van der Waals surface area contributed by atoms with Gasteiger partial charge in [-0.25, -0.2) is 4.79 Å². The van der Waals surface area contributed by atoms with Gasteiger partial charge >= 0.3 is 11.9 Å². The summed E-state index contributed by atoms with van der Waals surface area (Å²) in [4.78, 5) is 49.6. The molecule has 1 N–H and O–H groups in total. The number of carbonyl (C=O) groups is 4. The number of para-hydroxylation sites is 1. The number of imide groups is 1. The van der Waals surface area contributed by atoms with Gasteiger partial charge in [0, 0.05) is 29.2 Å². The number of carboxylic acids is 1. The van der Waals surface area contributed by atoms with Gasteiger partial charge in [0.25, 0.3) is 11.1 Å². The Kier molecular flexibility index (Phi) is 6.56. The van der Waals surface area contributed by atoms with Crippen molar-refractivity contribution in [1.82, 2.24) is 9.47 Å². The Morgan fingerprint density at radius 3 is 2.62 bits per heavy atom. The highest BCUT2D eigenvalue weighted by molar-refractivity contribution is 8.18. The van der Waals surface area contributed by atoms with Gasteiger partial charge in [-0.2, -0.15) is 0 Å². The third-order valence-corrected chi connectivity index (χ3v) is 6.07. The fourth-order valence-electron chi connectivity index (χ4n) is 3.73. The van der Waals surface area contributed by atoms with Crippen molar-refractivity contribution in [1.29, 1.82) is 0 Å². The van der Waals surface area contributed by atoms with Crippen molar-refractivity contribution in [3.63, 3.8) is 0 Å². The smallest absolute Gasteiger partial charge is 0.335 e. The average molecular weight is 479 g/mol. The second-order valence-corrected chi connectivity index (χ2v) is 9.03. The van der Waals surface area contributed by atoms with Crippen LogP contribution in [0.25, 0.3) is 17.0 Å². The Balaban J connectivity index is 1.64. The topological polar surface area (TPSA) is 106 Å². The quantitative estimate of drug-likeness (QED) is 0.397. The number of benzene rings is 2. The summed E-state index contributed by atoms with van der Waals surface area (Å²) in [5.41, 5.74) is 2.66. The van der Waals surface area contributed by atoms with Gasteiger partial charge in [0.05, 0.1) is 16.6 Å². The highest BCUT2D eigenvalue weighted by Crippen LogP contribution is 2.34. The van der Waals surface area contributed by atoms with Crippen molar-refractivity contribution in [2.45, 2.75) is 26.5 Å². The zero-order chi connectivity index (χ0) is 24.4. The molecule has 2 aromatic carbocycles. The second kappa shape index (κ2) is 9.56. The molecule has 1 aliphatic rings. The number of fused-ring (bicyclic) bond motifs is 1. The number of thioether (sulfide) groups is 1. The number of aromatic nitrogens is 1. The van der Waals surface area contributed by atoms with E-state index in [1.54, 1.807) is 32.1 Å². The van der Waals surface area contributed by atoms with Crippen LogP contribution in [0.3, 0.4) is 0 Å². The number of carboxylic acid groups (broad SMARTS) is 1. The van der Waals surface area contributed by atoms with E-state index in [0.717, 1.165) is 38.7 Å². The molecule has 0 radical (unpaired) electrons. The van der Waals surface area contributed by atoms with Crippen LogP contribution >= 0.6 is 11.8 Å². The predicted octanol–water partition coefficient (Wildman–Crippen LogP) is 4.38. The highest BCUT2D eigenvalue weighted by atomic mass is 32.2. The summed E-state index contributed by atoms with van der Waals surface area (Å²) in [5.74, 6) is -2.17. The normalized spacial score (nSPS) is 15.0. The van der Waals surface area contributed by atoms with Crippen LogP contribution < -0.4 is 0 Å². The Hall–Kier alpha value is -3.85. The molecule has 0 unspecified atom stereocenters. The number of amides is 2. The van der Waals surface area contributed by atoms with E-state index in [0.29, 0.717) is 6.54 Å². The first kappa shape index (κ1) is 23.3. The third-order valence-electron chi connectivity index (χ3n) is 5.16. The van der Waals surface area contributed by atoms with E-state index < -0.39 is 29.6 Å². The van der Waals surface area contributed by atoms with Crippen LogP contribution in [0.1, 0.15) is 35.3 Å². The fourth-order valence-corrected chi connectivity index (χ4v) is 4.56. The molecule has 34 heavy (non-hydrogen) atoms. The number of rotatable bonds is 7. The number of hydrogen-bond acceptors (Lipinski definition) is 6. The van der Waals surface area contributed by atoms with E-state index in [-0.39, 0.29) is 16.6 Å². The monoisotopic (exact) mass is 478 g/mol. The minimum absolute atomic E-state index is 0.207. The van der Waals surface area contributed by atoms with Gasteiger partial charge in [-0.3, -0.25) is 19.3 Å². The molecule has 174 valence electrons. The lowest BCUT2D eigenvalue weighted by atomic mass is 10.1. The molecule has 0 saturated carbocycles. The number of nitrogens with zero attached hydrogens (tertiary/aromatic N) is 2. The van der Waals surface area contributed by atoms with Crippen LogP contribution in [0.4, 0.5) is 4.79 Å². The summed E-state index contributed by atoms with van der Waals surface area (Å²) in [5, 5.41) is 9.62. The summed E-state index contributed by atoms with van der Waals surface area (Å²) in [6.07, 6.45) is 3.16.